The Kier molecular flexibility index (Phi) is 4.99. The molecule has 1 saturated heterocycles. The summed E-state index contributed by atoms with van der Waals surface area (Å²) in [5, 5.41) is 0. The average molecular weight is 314 g/mol. The second-order valence-electron chi connectivity index (χ2n) is 6.81. The summed E-state index contributed by atoms with van der Waals surface area (Å²) in [5.41, 5.74) is 1.80. The summed E-state index contributed by atoms with van der Waals surface area (Å²) in [6, 6.07) is 7.80. The first-order chi connectivity index (χ1) is 11.2. The van der Waals surface area contributed by atoms with E-state index in [4.69, 9.17) is 0 Å². The summed E-state index contributed by atoms with van der Waals surface area (Å²) < 4.78 is 0. The van der Waals surface area contributed by atoms with Crippen LogP contribution >= 0.6 is 0 Å². The maximum absolute atomic E-state index is 12.8. The second kappa shape index (κ2) is 7.16. The van der Waals surface area contributed by atoms with Gasteiger partial charge in [0.15, 0.2) is 0 Å². The van der Waals surface area contributed by atoms with Crippen molar-refractivity contribution in [2.75, 3.05) is 19.6 Å². The van der Waals surface area contributed by atoms with Crippen LogP contribution in [0.3, 0.4) is 0 Å². The Morgan fingerprint density at radius 3 is 2.83 bits per heavy atom. The van der Waals surface area contributed by atoms with Crippen LogP contribution in [0.2, 0.25) is 0 Å². The highest BCUT2D eigenvalue weighted by molar-refractivity contribution is 5.94. The highest BCUT2D eigenvalue weighted by Crippen LogP contribution is 2.30. The van der Waals surface area contributed by atoms with E-state index < -0.39 is 0 Å². The number of rotatable bonds is 7. The monoisotopic (exact) mass is 314 g/mol. The molecular weight excluding hydrogens is 288 g/mol. The predicted molar refractivity (Wildman–Crippen MR) is 90.0 cm³/mol. The van der Waals surface area contributed by atoms with E-state index in [-0.39, 0.29) is 11.8 Å². The zero-order chi connectivity index (χ0) is 16.2. The molecule has 0 atom stereocenters. The van der Waals surface area contributed by atoms with Gasteiger partial charge in [-0.15, -0.1) is 0 Å². The van der Waals surface area contributed by atoms with Crippen LogP contribution in [0.5, 0.6) is 0 Å². The quantitative estimate of drug-likeness (QED) is 0.776. The third-order valence-corrected chi connectivity index (χ3v) is 4.67. The lowest BCUT2D eigenvalue weighted by Crippen LogP contribution is -2.33. The van der Waals surface area contributed by atoms with Gasteiger partial charge in [-0.3, -0.25) is 9.59 Å². The van der Waals surface area contributed by atoms with Gasteiger partial charge in [-0.1, -0.05) is 19.1 Å². The summed E-state index contributed by atoms with van der Waals surface area (Å²) in [5.74, 6) is 1.06. The number of likely N-dealkylation sites (tertiary alicyclic amines) is 1. The van der Waals surface area contributed by atoms with E-state index in [2.05, 4.69) is 6.92 Å². The lowest BCUT2D eigenvalue weighted by Gasteiger charge is -2.23. The first-order valence-electron chi connectivity index (χ1n) is 8.83. The molecule has 0 radical (unpaired) electrons. The van der Waals surface area contributed by atoms with Gasteiger partial charge in [0.25, 0.3) is 5.91 Å². The van der Waals surface area contributed by atoms with Gasteiger partial charge in [-0.2, -0.15) is 0 Å². The molecule has 0 N–H and O–H groups in total. The van der Waals surface area contributed by atoms with E-state index in [1.54, 1.807) is 0 Å². The Bertz CT molecular complexity index is 580. The fourth-order valence-corrected chi connectivity index (χ4v) is 3.23. The molecule has 2 aliphatic rings. The van der Waals surface area contributed by atoms with Crippen LogP contribution in [-0.4, -0.2) is 41.2 Å². The highest BCUT2D eigenvalue weighted by Gasteiger charge is 2.27. The molecule has 1 aliphatic heterocycles. The van der Waals surface area contributed by atoms with Crippen LogP contribution in [0.15, 0.2) is 24.3 Å². The first-order valence-corrected chi connectivity index (χ1v) is 8.83. The van der Waals surface area contributed by atoms with Crippen molar-refractivity contribution in [2.24, 2.45) is 5.92 Å². The molecule has 2 fully saturated rings. The number of hydrogen-bond donors (Lipinski definition) is 0. The maximum Gasteiger partial charge on any atom is 0.253 e. The third kappa shape index (κ3) is 4.12. The second-order valence-corrected chi connectivity index (χ2v) is 6.81. The van der Waals surface area contributed by atoms with Crippen LogP contribution in [0.1, 0.15) is 54.9 Å². The van der Waals surface area contributed by atoms with Crippen LogP contribution in [0.4, 0.5) is 0 Å². The predicted octanol–water partition coefficient (Wildman–Crippen LogP) is 3.07. The van der Waals surface area contributed by atoms with Gasteiger partial charge in [0, 0.05) is 38.2 Å². The molecule has 1 saturated carbocycles. The van der Waals surface area contributed by atoms with Crippen molar-refractivity contribution in [3.05, 3.63) is 35.4 Å². The zero-order valence-corrected chi connectivity index (χ0v) is 14.0. The van der Waals surface area contributed by atoms with Crippen molar-refractivity contribution >= 4 is 11.8 Å². The van der Waals surface area contributed by atoms with E-state index >= 15 is 0 Å². The van der Waals surface area contributed by atoms with Crippen LogP contribution in [0.25, 0.3) is 0 Å². The van der Waals surface area contributed by atoms with E-state index in [9.17, 15) is 9.59 Å². The van der Waals surface area contributed by atoms with Crippen molar-refractivity contribution in [3.8, 4) is 0 Å². The molecule has 124 valence electrons. The van der Waals surface area contributed by atoms with Crippen molar-refractivity contribution < 1.29 is 9.59 Å². The minimum atomic E-state index is 0.133. The SMILES string of the molecule is CCCN(CC1CC1)C(=O)c1cccc(CN2CCCC2=O)c1. The molecule has 0 bridgehead atoms. The standard InChI is InChI=1S/C19H26N2O2/c1-2-10-21(13-15-8-9-15)19(23)17-6-3-5-16(12-17)14-20-11-4-7-18(20)22/h3,5-6,12,15H,2,4,7-11,13-14H2,1H3. The van der Waals surface area contributed by atoms with E-state index in [1.807, 2.05) is 34.1 Å². The maximum atomic E-state index is 12.8. The van der Waals surface area contributed by atoms with Gasteiger partial charge in [0.1, 0.15) is 0 Å². The highest BCUT2D eigenvalue weighted by atomic mass is 16.2. The zero-order valence-electron chi connectivity index (χ0n) is 14.0. The molecule has 1 aromatic carbocycles. The molecule has 0 aromatic heterocycles. The number of carbonyl (C=O) groups excluding carboxylic acids is 2. The number of carbonyl (C=O) groups is 2. The van der Waals surface area contributed by atoms with Gasteiger partial charge < -0.3 is 9.80 Å². The van der Waals surface area contributed by atoms with Crippen LogP contribution < -0.4 is 0 Å². The van der Waals surface area contributed by atoms with Crippen LogP contribution in [-0.2, 0) is 11.3 Å². The molecule has 1 aliphatic carbocycles. The minimum Gasteiger partial charge on any atom is -0.338 e. The Labute approximate surface area is 138 Å². The Balaban J connectivity index is 1.69. The van der Waals surface area contributed by atoms with Crippen molar-refractivity contribution in [1.29, 1.82) is 0 Å². The summed E-state index contributed by atoms with van der Waals surface area (Å²) in [4.78, 5) is 28.5. The smallest absolute Gasteiger partial charge is 0.253 e. The molecule has 4 heteroatoms. The summed E-state index contributed by atoms with van der Waals surface area (Å²) in [6.07, 6.45) is 5.10. The number of hydrogen-bond acceptors (Lipinski definition) is 2. The Morgan fingerprint density at radius 1 is 1.35 bits per heavy atom. The van der Waals surface area contributed by atoms with Crippen LogP contribution in [0, 0.1) is 5.92 Å². The molecule has 1 heterocycles. The van der Waals surface area contributed by atoms with E-state index in [0.29, 0.717) is 18.9 Å². The van der Waals surface area contributed by atoms with E-state index in [0.717, 1.165) is 43.6 Å². The van der Waals surface area contributed by atoms with Crippen molar-refractivity contribution in [1.82, 2.24) is 9.80 Å². The molecule has 1 aromatic rings. The third-order valence-electron chi connectivity index (χ3n) is 4.67. The largest absolute Gasteiger partial charge is 0.338 e. The normalized spacial score (nSPS) is 17.6. The number of benzene rings is 1. The van der Waals surface area contributed by atoms with Gasteiger partial charge in [-0.25, -0.2) is 0 Å². The Hall–Kier alpha value is -1.84. The fraction of sp³-hybridized carbons (Fsp3) is 0.579. The number of amides is 2. The first kappa shape index (κ1) is 16.0. The minimum absolute atomic E-state index is 0.133. The topological polar surface area (TPSA) is 40.6 Å². The molecule has 23 heavy (non-hydrogen) atoms. The van der Waals surface area contributed by atoms with Gasteiger partial charge in [0.05, 0.1) is 0 Å². The Morgan fingerprint density at radius 2 is 2.17 bits per heavy atom. The van der Waals surface area contributed by atoms with E-state index in [1.165, 1.54) is 12.8 Å². The average Bonchev–Trinajstić information content (AvgIpc) is 3.29. The van der Waals surface area contributed by atoms with Crippen molar-refractivity contribution in [2.45, 2.75) is 45.6 Å². The molecule has 0 spiro atoms. The molecule has 4 nitrogen and oxygen atoms in total. The van der Waals surface area contributed by atoms with Gasteiger partial charge in [-0.05, 0) is 49.3 Å². The lowest BCUT2D eigenvalue weighted by atomic mass is 10.1. The molecule has 2 amide bonds. The number of nitrogens with zero attached hydrogens (tertiary/aromatic N) is 2. The molecule has 0 unspecified atom stereocenters. The van der Waals surface area contributed by atoms with Gasteiger partial charge >= 0.3 is 0 Å². The molecular formula is C19H26N2O2. The summed E-state index contributed by atoms with van der Waals surface area (Å²) >= 11 is 0. The lowest BCUT2D eigenvalue weighted by molar-refractivity contribution is -0.128. The van der Waals surface area contributed by atoms with Crippen molar-refractivity contribution in [3.63, 3.8) is 0 Å². The van der Waals surface area contributed by atoms with Gasteiger partial charge in [0.2, 0.25) is 5.91 Å². The fourth-order valence-electron chi connectivity index (χ4n) is 3.23. The summed E-state index contributed by atoms with van der Waals surface area (Å²) in [6.45, 7) is 5.28. The summed E-state index contributed by atoms with van der Waals surface area (Å²) in [7, 11) is 0. The molecule has 3 rings (SSSR count).